The number of pyridine rings is 1. The topological polar surface area (TPSA) is 43.4 Å². The SMILES string of the molecule is COc1ccc2c(OCCC3CCCCN3)nccc2c1. The lowest BCUT2D eigenvalue weighted by atomic mass is 10.0. The molecule has 0 aliphatic carbocycles. The van der Waals surface area contributed by atoms with E-state index >= 15 is 0 Å². The Balaban J connectivity index is 1.66. The van der Waals surface area contributed by atoms with Crippen molar-refractivity contribution in [3.8, 4) is 11.6 Å². The number of nitrogens with one attached hydrogen (secondary N) is 1. The maximum absolute atomic E-state index is 5.90. The van der Waals surface area contributed by atoms with Crippen molar-refractivity contribution in [2.24, 2.45) is 0 Å². The van der Waals surface area contributed by atoms with Crippen LogP contribution in [0.15, 0.2) is 30.5 Å². The predicted molar refractivity (Wildman–Crippen MR) is 84.0 cm³/mol. The lowest BCUT2D eigenvalue weighted by Crippen LogP contribution is -2.35. The molecule has 21 heavy (non-hydrogen) atoms. The van der Waals surface area contributed by atoms with Crippen LogP contribution in [0.3, 0.4) is 0 Å². The van der Waals surface area contributed by atoms with Gasteiger partial charge >= 0.3 is 0 Å². The number of ether oxygens (including phenoxy) is 2. The van der Waals surface area contributed by atoms with Crippen LogP contribution in [0.25, 0.3) is 10.8 Å². The second-order valence-electron chi connectivity index (χ2n) is 5.49. The molecule has 0 amide bonds. The summed E-state index contributed by atoms with van der Waals surface area (Å²) in [4.78, 5) is 4.36. The van der Waals surface area contributed by atoms with Gasteiger partial charge in [0.25, 0.3) is 0 Å². The average molecular weight is 286 g/mol. The maximum Gasteiger partial charge on any atom is 0.221 e. The Morgan fingerprint density at radius 1 is 1.29 bits per heavy atom. The molecule has 1 saturated heterocycles. The number of hydrogen-bond acceptors (Lipinski definition) is 4. The van der Waals surface area contributed by atoms with Crippen LogP contribution in [0.1, 0.15) is 25.7 Å². The van der Waals surface area contributed by atoms with E-state index in [2.05, 4.69) is 10.3 Å². The first-order chi connectivity index (χ1) is 10.4. The molecule has 1 atom stereocenters. The summed E-state index contributed by atoms with van der Waals surface area (Å²) in [5.41, 5.74) is 0. The Bertz CT molecular complexity index is 594. The third kappa shape index (κ3) is 3.45. The maximum atomic E-state index is 5.90. The van der Waals surface area contributed by atoms with Gasteiger partial charge in [0.15, 0.2) is 0 Å². The van der Waals surface area contributed by atoms with E-state index in [9.17, 15) is 0 Å². The fourth-order valence-corrected chi connectivity index (χ4v) is 2.84. The molecule has 1 aromatic carbocycles. The van der Waals surface area contributed by atoms with Crippen LogP contribution < -0.4 is 14.8 Å². The highest BCUT2D eigenvalue weighted by Gasteiger charge is 2.12. The van der Waals surface area contributed by atoms with Crippen molar-refractivity contribution in [3.05, 3.63) is 30.5 Å². The highest BCUT2D eigenvalue weighted by molar-refractivity contribution is 5.87. The normalized spacial score (nSPS) is 18.6. The van der Waals surface area contributed by atoms with Crippen LogP contribution in [-0.4, -0.2) is 31.3 Å². The third-order valence-electron chi connectivity index (χ3n) is 4.05. The van der Waals surface area contributed by atoms with Crippen LogP contribution in [0.4, 0.5) is 0 Å². The van der Waals surface area contributed by atoms with Gasteiger partial charge in [0.2, 0.25) is 5.88 Å². The summed E-state index contributed by atoms with van der Waals surface area (Å²) >= 11 is 0. The quantitative estimate of drug-likeness (QED) is 0.917. The van der Waals surface area contributed by atoms with E-state index < -0.39 is 0 Å². The lowest BCUT2D eigenvalue weighted by Gasteiger charge is -2.23. The number of methoxy groups -OCH3 is 1. The number of hydrogen-bond donors (Lipinski definition) is 1. The summed E-state index contributed by atoms with van der Waals surface area (Å²) in [5.74, 6) is 1.57. The standard InChI is InChI=1S/C17H22N2O2/c1-20-15-5-6-16-13(12-15)7-10-19-17(16)21-11-8-14-4-2-3-9-18-14/h5-7,10,12,14,18H,2-4,8-9,11H2,1H3. The molecule has 1 aromatic heterocycles. The fraction of sp³-hybridized carbons (Fsp3) is 0.471. The fourth-order valence-electron chi connectivity index (χ4n) is 2.84. The van der Waals surface area contributed by atoms with Crippen molar-refractivity contribution in [2.75, 3.05) is 20.3 Å². The molecule has 0 saturated carbocycles. The molecule has 1 fully saturated rings. The Morgan fingerprint density at radius 2 is 2.24 bits per heavy atom. The van der Waals surface area contributed by atoms with Gasteiger partial charge in [-0.25, -0.2) is 4.98 Å². The summed E-state index contributed by atoms with van der Waals surface area (Å²) < 4.78 is 11.2. The molecule has 2 heterocycles. The van der Waals surface area contributed by atoms with Crippen LogP contribution in [-0.2, 0) is 0 Å². The number of piperidine rings is 1. The number of rotatable bonds is 5. The number of fused-ring (bicyclic) bond motifs is 1. The second-order valence-corrected chi connectivity index (χ2v) is 5.49. The molecule has 112 valence electrons. The van der Waals surface area contributed by atoms with Gasteiger partial charge in [0.1, 0.15) is 5.75 Å². The summed E-state index contributed by atoms with van der Waals surface area (Å²) in [6, 6.07) is 8.53. The van der Waals surface area contributed by atoms with Gasteiger partial charge < -0.3 is 14.8 Å². The van der Waals surface area contributed by atoms with Crippen LogP contribution >= 0.6 is 0 Å². The molecule has 1 unspecified atom stereocenters. The van der Waals surface area contributed by atoms with Gasteiger partial charge in [-0.2, -0.15) is 0 Å². The van der Waals surface area contributed by atoms with Gasteiger partial charge in [0.05, 0.1) is 13.7 Å². The first-order valence-electron chi connectivity index (χ1n) is 7.66. The largest absolute Gasteiger partial charge is 0.497 e. The molecule has 0 bridgehead atoms. The van der Waals surface area contributed by atoms with E-state index in [1.165, 1.54) is 19.3 Å². The first-order valence-corrected chi connectivity index (χ1v) is 7.66. The molecular weight excluding hydrogens is 264 g/mol. The van der Waals surface area contributed by atoms with Crippen molar-refractivity contribution in [2.45, 2.75) is 31.7 Å². The van der Waals surface area contributed by atoms with E-state index in [1.807, 2.05) is 24.3 Å². The van der Waals surface area contributed by atoms with Crippen molar-refractivity contribution in [1.82, 2.24) is 10.3 Å². The number of benzene rings is 1. The molecule has 0 radical (unpaired) electrons. The Kier molecular flexibility index (Phi) is 4.55. The Morgan fingerprint density at radius 3 is 3.05 bits per heavy atom. The van der Waals surface area contributed by atoms with Gasteiger partial charge in [-0.3, -0.25) is 0 Å². The van der Waals surface area contributed by atoms with Crippen molar-refractivity contribution in [1.29, 1.82) is 0 Å². The van der Waals surface area contributed by atoms with Gasteiger partial charge in [0, 0.05) is 17.6 Å². The zero-order valence-corrected chi connectivity index (χ0v) is 12.5. The minimum atomic E-state index is 0.592. The van der Waals surface area contributed by atoms with E-state index in [-0.39, 0.29) is 0 Å². The molecule has 4 heteroatoms. The average Bonchev–Trinajstić information content (AvgIpc) is 2.55. The van der Waals surface area contributed by atoms with Crippen LogP contribution in [0.2, 0.25) is 0 Å². The number of aromatic nitrogens is 1. The van der Waals surface area contributed by atoms with Crippen molar-refractivity contribution in [3.63, 3.8) is 0 Å². The molecule has 1 aliphatic rings. The molecule has 1 aliphatic heterocycles. The van der Waals surface area contributed by atoms with Crippen molar-refractivity contribution < 1.29 is 9.47 Å². The molecular formula is C17H22N2O2. The van der Waals surface area contributed by atoms with E-state index in [4.69, 9.17) is 9.47 Å². The molecule has 3 rings (SSSR count). The van der Waals surface area contributed by atoms with Gasteiger partial charge in [-0.15, -0.1) is 0 Å². The first kappa shape index (κ1) is 14.1. The molecule has 1 N–H and O–H groups in total. The number of nitrogens with zero attached hydrogens (tertiary/aromatic N) is 1. The zero-order chi connectivity index (χ0) is 14.5. The van der Waals surface area contributed by atoms with Crippen LogP contribution in [0, 0.1) is 0 Å². The van der Waals surface area contributed by atoms with E-state index in [0.717, 1.165) is 29.5 Å². The minimum Gasteiger partial charge on any atom is -0.497 e. The van der Waals surface area contributed by atoms with Gasteiger partial charge in [-0.05, 0) is 55.5 Å². The third-order valence-corrected chi connectivity index (χ3v) is 4.05. The highest BCUT2D eigenvalue weighted by Crippen LogP contribution is 2.26. The Labute approximate surface area is 125 Å². The van der Waals surface area contributed by atoms with Crippen LogP contribution in [0.5, 0.6) is 11.6 Å². The smallest absolute Gasteiger partial charge is 0.221 e. The monoisotopic (exact) mass is 286 g/mol. The van der Waals surface area contributed by atoms with E-state index in [0.29, 0.717) is 18.5 Å². The van der Waals surface area contributed by atoms with Crippen molar-refractivity contribution >= 4 is 10.8 Å². The molecule has 0 spiro atoms. The summed E-state index contributed by atoms with van der Waals surface area (Å²) in [6.45, 7) is 1.84. The zero-order valence-electron chi connectivity index (χ0n) is 12.5. The Hall–Kier alpha value is -1.81. The van der Waals surface area contributed by atoms with E-state index in [1.54, 1.807) is 13.3 Å². The lowest BCUT2D eigenvalue weighted by molar-refractivity contribution is 0.263. The highest BCUT2D eigenvalue weighted by atomic mass is 16.5. The summed E-state index contributed by atoms with van der Waals surface area (Å²) in [6.07, 6.45) is 6.70. The molecule has 2 aromatic rings. The molecule has 4 nitrogen and oxygen atoms in total. The van der Waals surface area contributed by atoms with Gasteiger partial charge in [-0.1, -0.05) is 6.42 Å². The summed E-state index contributed by atoms with van der Waals surface area (Å²) in [7, 11) is 1.68. The summed E-state index contributed by atoms with van der Waals surface area (Å²) in [5, 5.41) is 5.67. The predicted octanol–water partition coefficient (Wildman–Crippen LogP) is 3.15. The second kappa shape index (κ2) is 6.76. The minimum absolute atomic E-state index is 0.592.